The Balaban J connectivity index is 0.000000147. The molecule has 0 fully saturated rings. The van der Waals surface area contributed by atoms with E-state index < -0.39 is 5.97 Å². The lowest BCUT2D eigenvalue weighted by molar-refractivity contribution is -0.136. The molecule has 2 aliphatic heterocycles. The largest absolute Gasteiger partial charge is 0.481 e. The average molecular weight is 467 g/mol. The number of aliphatic carboxylic acids is 1. The first kappa shape index (κ1) is 22.3. The lowest BCUT2D eigenvalue weighted by Gasteiger charge is -2.32. The summed E-state index contributed by atoms with van der Waals surface area (Å²) in [5.74, 6) is 2.57. The monoisotopic (exact) mass is 466 g/mol. The summed E-state index contributed by atoms with van der Waals surface area (Å²) in [5, 5.41) is 8.88. The number of benzene rings is 4. The van der Waals surface area contributed by atoms with Crippen LogP contribution in [0.5, 0.6) is 23.0 Å². The summed E-state index contributed by atoms with van der Waals surface area (Å²) in [6, 6.07) is 31.6. The first-order valence-corrected chi connectivity index (χ1v) is 11.6. The third-order valence-electron chi connectivity index (χ3n) is 5.93. The van der Waals surface area contributed by atoms with Crippen LogP contribution in [0.2, 0.25) is 0 Å². The molecule has 0 bridgehead atoms. The van der Waals surface area contributed by atoms with E-state index >= 15 is 0 Å². The highest BCUT2D eigenvalue weighted by Gasteiger charge is 2.24. The molecule has 0 aliphatic carbocycles. The van der Waals surface area contributed by atoms with Crippen molar-refractivity contribution in [3.05, 3.63) is 97.1 Å². The molecule has 0 aromatic heterocycles. The van der Waals surface area contributed by atoms with Gasteiger partial charge in [-0.05, 0) is 55.5 Å². The minimum absolute atomic E-state index is 0.0860. The fourth-order valence-electron chi connectivity index (χ4n) is 4.35. The number of rotatable bonds is 4. The fraction of sp³-hybridized carbons (Fsp3) is 0.138. The van der Waals surface area contributed by atoms with Gasteiger partial charge in [-0.1, -0.05) is 48.5 Å². The van der Waals surface area contributed by atoms with Crippen LogP contribution in [-0.2, 0) is 4.79 Å². The Hall–Kier alpha value is -4.45. The molecule has 6 heteroatoms. The van der Waals surface area contributed by atoms with Crippen LogP contribution in [-0.4, -0.2) is 24.2 Å². The first-order valence-electron chi connectivity index (χ1n) is 11.6. The van der Waals surface area contributed by atoms with Gasteiger partial charge < -0.3 is 24.4 Å². The number of fused-ring (bicyclic) bond motifs is 4. The van der Waals surface area contributed by atoms with Gasteiger partial charge in [0.25, 0.3) is 0 Å². The molecule has 0 saturated carbocycles. The van der Waals surface area contributed by atoms with Crippen LogP contribution in [0.1, 0.15) is 13.3 Å². The van der Waals surface area contributed by atoms with Crippen LogP contribution < -0.4 is 19.3 Å². The van der Waals surface area contributed by atoms with Crippen molar-refractivity contribution in [2.45, 2.75) is 13.3 Å². The van der Waals surface area contributed by atoms with Crippen molar-refractivity contribution < 1.29 is 19.4 Å². The zero-order chi connectivity index (χ0) is 24.2. The predicted molar refractivity (Wildman–Crippen MR) is 138 cm³/mol. The number of carboxylic acid groups (broad SMARTS) is 1. The number of nitrogens with zero attached hydrogens (tertiary/aromatic N) is 2. The van der Waals surface area contributed by atoms with Gasteiger partial charge in [0.15, 0.2) is 23.0 Å². The van der Waals surface area contributed by atoms with Crippen LogP contribution in [0, 0.1) is 0 Å². The van der Waals surface area contributed by atoms with Crippen LogP contribution in [0.3, 0.4) is 0 Å². The van der Waals surface area contributed by atoms with Gasteiger partial charge >= 0.3 is 5.97 Å². The van der Waals surface area contributed by atoms with E-state index in [-0.39, 0.29) is 6.42 Å². The highest BCUT2D eigenvalue weighted by molar-refractivity contribution is 5.79. The minimum Gasteiger partial charge on any atom is -0.481 e. The molecule has 0 atom stereocenters. The van der Waals surface area contributed by atoms with E-state index in [0.717, 1.165) is 52.3 Å². The molecule has 0 spiro atoms. The number of anilines is 4. The summed E-state index contributed by atoms with van der Waals surface area (Å²) in [5.41, 5.74) is 4.09. The zero-order valence-electron chi connectivity index (χ0n) is 19.4. The van der Waals surface area contributed by atoms with Crippen molar-refractivity contribution in [3.8, 4) is 23.0 Å². The van der Waals surface area contributed by atoms with E-state index in [2.05, 4.69) is 24.0 Å². The van der Waals surface area contributed by atoms with Crippen molar-refractivity contribution in [1.82, 2.24) is 0 Å². The Morgan fingerprint density at radius 3 is 1.31 bits per heavy atom. The van der Waals surface area contributed by atoms with Gasteiger partial charge in [-0.2, -0.15) is 0 Å². The topological polar surface area (TPSA) is 62.2 Å². The van der Waals surface area contributed by atoms with Gasteiger partial charge in [-0.25, -0.2) is 0 Å². The maximum Gasteiger partial charge on any atom is 0.305 e. The summed E-state index contributed by atoms with van der Waals surface area (Å²) in [7, 11) is 0. The Morgan fingerprint density at radius 1 is 0.629 bits per heavy atom. The molecule has 35 heavy (non-hydrogen) atoms. The maximum absolute atomic E-state index is 10.8. The molecular weight excluding hydrogens is 440 g/mol. The molecule has 4 aromatic carbocycles. The van der Waals surface area contributed by atoms with Crippen LogP contribution in [0.25, 0.3) is 0 Å². The molecule has 1 N–H and O–H groups in total. The van der Waals surface area contributed by atoms with E-state index in [1.54, 1.807) is 0 Å². The molecule has 2 aliphatic rings. The summed E-state index contributed by atoms with van der Waals surface area (Å²) >= 11 is 0. The fourth-order valence-corrected chi connectivity index (χ4v) is 4.35. The zero-order valence-corrected chi connectivity index (χ0v) is 19.4. The lowest BCUT2D eigenvalue weighted by Crippen LogP contribution is -2.24. The third-order valence-corrected chi connectivity index (χ3v) is 5.93. The van der Waals surface area contributed by atoms with Gasteiger partial charge in [0.2, 0.25) is 0 Å². The summed E-state index contributed by atoms with van der Waals surface area (Å²) < 4.78 is 11.7. The van der Waals surface area contributed by atoms with Gasteiger partial charge in [0.1, 0.15) is 0 Å². The summed E-state index contributed by atoms with van der Waals surface area (Å²) in [6.07, 6.45) is 0.0860. The van der Waals surface area contributed by atoms with Gasteiger partial charge in [0.05, 0.1) is 29.2 Å². The second-order valence-electron chi connectivity index (χ2n) is 8.11. The normalized spacial score (nSPS) is 12.5. The highest BCUT2D eigenvalue weighted by Crippen LogP contribution is 2.47. The maximum atomic E-state index is 10.8. The van der Waals surface area contributed by atoms with Gasteiger partial charge in [-0.3, -0.25) is 4.79 Å². The Kier molecular flexibility index (Phi) is 6.26. The molecule has 0 saturated heterocycles. The van der Waals surface area contributed by atoms with Crippen molar-refractivity contribution in [2.75, 3.05) is 22.9 Å². The molecule has 176 valence electrons. The van der Waals surface area contributed by atoms with Crippen molar-refractivity contribution in [3.63, 3.8) is 0 Å². The van der Waals surface area contributed by atoms with Crippen molar-refractivity contribution in [1.29, 1.82) is 0 Å². The molecular formula is C29H26N2O4. The molecule has 6 nitrogen and oxygen atoms in total. The number of ether oxygens (including phenoxy) is 2. The second-order valence-corrected chi connectivity index (χ2v) is 8.11. The number of carbonyl (C=O) groups is 1. The predicted octanol–water partition coefficient (Wildman–Crippen LogP) is 7.36. The third kappa shape index (κ3) is 4.51. The van der Waals surface area contributed by atoms with E-state index in [9.17, 15) is 4.79 Å². The van der Waals surface area contributed by atoms with E-state index in [1.807, 2.05) is 89.8 Å². The molecule has 4 aromatic rings. The van der Waals surface area contributed by atoms with Crippen LogP contribution in [0.4, 0.5) is 22.7 Å². The standard InChI is InChI=1S/C15H13NO3.C14H13NO/c17-15(18)9-10-16-11-5-1-3-7-13(11)19-14-8-4-2-6-12(14)16;1-2-15-11-7-3-5-9-13(11)16-14-10-6-4-8-12(14)15/h1-8H,9-10H2,(H,17,18);3-10H,2H2,1H3. The van der Waals surface area contributed by atoms with Crippen molar-refractivity contribution >= 4 is 28.7 Å². The van der Waals surface area contributed by atoms with Crippen molar-refractivity contribution in [2.24, 2.45) is 0 Å². The van der Waals surface area contributed by atoms with Gasteiger partial charge in [0, 0.05) is 13.1 Å². The molecule has 0 unspecified atom stereocenters. The Labute approximate surface area is 204 Å². The average Bonchev–Trinajstić information content (AvgIpc) is 2.90. The SMILES string of the molecule is CCN1c2ccccc2Oc2ccccc21.O=C(O)CCN1c2ccccc2Oc2ccccc21. The Bertz CT molecular complexity index is 1260. The van der Waals surface area contributed by atoms with E-state index in [0.29, 0.717) is 6.54 Å². The van der Waals surface area contributed by atoms with Gasteiger partial charge in [-0.15, -0.1) is 0 Å². The lowest BCUT2D eigenvalue weighted by atomic mass is 10.1. The quantitative estimate of drug-likeness (QED) is 0.339. The minimum atomic E-state index is -0.804. The van der Waals surface area contributed by atoms with Crippen LogP contribution >= 0.6 is 0 Å². The van der Waals surface area contributed by atoms with E-state index in [1.165, 1.54) is 0 Å². The van der Waals surface area contributed by atoms with E-state index in [4.69, 9.17) is 14.6 Å². The number of hydrogen-bond donors (Lipinski definition) is 1. The molecule has 0 radical (unpaired) electrons. The van der Waals surface area contributed by atoms with Crippen LogP contribution in [0.15, 0.2) is 97.1 Å². The Morgan fingerprint density at radius 2 is 0.971 bits per heavy atom. The number of carboxylic acids is 1. The number of hydrogen-bond acceptors (Lipinski definition) is 5. The highest BCUT2D eigenvalue weighted by atomic mass is 16.5. The molecule has 0 amide bonds. The second kappa shape index (κ2) is 9.81. The smallest absolute Gasteiger partial charge is 0.305 e. The molecule has 2 heterocycles. The molecule has 6 rings (SSSR count). The first-order chi connectivity index (χ1) is 17.2. The summed E-state index contributed by atoms with van der Waals surface area (Å²) in [6.45, 7) is 3.52. The summed E-state index contributed by atoms with van der Waals surface area (Å²) in [4.78, 5) is 15.1. The number of para-hydroxylation sites is 8.